The molecule has 0 unspecified atom stereocenters. The Morgan fingerprint density at radius 3 is 2.53 bits per heavy atom. The van der Waals surface area contributed by atoms with Crippen LogP contribution in [0.2, 0.25) is 0 Å². The molecule has 0 atom stereocenters. The molecule has 0 aromatic heterocycles. The third kappa shape index (κ3) is 1.87. The molecule has 0 saturated carbocycles. The summed E-state index contributed by atoms with van der Waals surface area (Å²) in [5.74, 6) is -0.497. The molecule has 1 N–H and O–H groups in total. The zero-order valence-corrected chi connectivity index (χ0v) is 8.58. The molecule has 0 spiro atoms. The fourth-order valence-electron chi connectivity index (χ4n) is 1.34. The Kier molecular flexibility index (Phi) is 2.47. The second-order valence-corrected chi connectivity index (χ2v) is 3.50. The van der Waals surface area contributed by atoms with E-state index in [0.717, 1.165) is 0 Å². The Morgan fingerprint density at radius 1 is 1.33 bits per heavy atom. The van der Waals surface area contributed by atoms with Gasteiger partial charge in [-0.3, -0.25) is 14.5 Å². The van der Waals surface area contributed by atoms with E-state index in [4.69, 9.17) is 12.2 Å². The Hall–Kier alpha value is -1.75. The van der Waals surface area contributed by atoms with Crippen LogP contribution in [0.3, 0.4) is 0 Å². The molecule has 2 rings (SSSR count). The third-order valence-electron chi connectivity index (χ3n) is 2.06. The highest BCUT2D eigenvalue weighted by atomic mass is 32.1. The molecule has 1 aliphatic rings. The third-order valence-corrected chi connectivity index (χ3v) is 2.38. The molecule has 0 radical (unpaired) electrons. The predicted molar refractivity (Wildman–Crippen MR) is 58.2 cm³/mol. The van der Waals surface area contributed by atoms with Crippen molar-refractivity contribution in [2.75, 3.05) is 6.54 Å². The van der Waals surface area contributed by atoms with E-state index in [2.05, 4.69) is 5.32 Å². The number of nitrogens with zero attached hydrogens (tertiary/aromatic N) is 1. The first-order valence-corrected chi connectivity index (χ1v) is 4.80. The average Bonchev–Trinajstić information content (AvgIpc) is 2.58. The number of benzene rings is 1. The molecule has 1 aromatic rings. The van der Waals surface area contributed by atoms with Gasteiger partial charge in [-0.05, 0) is 24.4 Å². The van der Waals surface area contributed by atoms with E-state index in [0.29, 0.717) is 5.56 Å². The fourth-order valence-corrected chi connectivity index (χ4v) is 1.60. The van der Waals surface area contributed by atoms with Gasteiger partial charge in [-0.2, -0.15) is 0 Å². The van der Waals surface area contributed by atoms with Gasteiger partial charge in [0, 0.05) is 5.56 Å². The lowest BCUT2D eigenvalue weighted by molar-refractivity contribution is -0.118. The first kappa shape index (κ1) is 9.79. The molecule has 2 amide bonds. The predicted octanol–water partition coefficient (Wildman–Crippen LogP) is 0.544. The van der Waals surface area contributed by atoms with E-state index in [1.54, 1.807) is 24.3 Å². The molecule has 1 saturated heterocycles. The molecular weight excluding hydrogens is 212 g/mol. The summed E-state index contributed by atoms with van der Waals surface area (Å²) in [6, 6.07) is 8.73. The second-order valence-electron chi connectivity index (χ2n) is 3.11. The maximum Gasteiger partial charge on any atom is 0.260 e. The molecule has 15 heavy (non-hydrogen) atoms. The molecule has 0 aliphatic carbocycles. The average molecular weight is 220 g/mol. The van der Waals surface area contributed by atoms with Crippen LogP contribution in [0.1, 0.15) is 10.4 Å². The molecule has 4 nitrogen and oxygen atoms in total. The van der Waals surface area contributed by atoms with Gasteiger partial charge in [0.05, 0.1) is 0 Å². The van der Waals surface area contributed by atoms with Gasteiger partial charge in [0.1, 0.15) is 6.54 Å². The minimum absolute atomic E-state index is 0.00651. The first-order chi connectivity index (χ1) is 7.18. The number of carbonyl (C=O) groups excluding carboxylic acids is 2. The Morgan fingerprint density at radius 2 is 2.00 bits per heavy atom. The Labute approximate surface area is 91.9 Å². The first-order valence-electron chi connectivity index (χ1n) is 4.39. The number of rotatable bonds is 1. The van der Waals surface area contributed by atoms with Crippen molar-refractivity contribution in [3.8, 4) is 0 Å². The van der Waals surface area contributed by atoms with Crippen molar-refractivity contribution < 1.29 is 9.59 Å². The van der Waals surface area contributed by atoms with E-state index in [-0.39, 0.29) is 23.5 Å². The van der Waals surface area contributed by atoms with Crippen LogP contribution in [0, 0.1) is 0 Å². The van der Waals surface area contributed by atoms with Crippen molar-refractivity contribution >= 4 is 29.1 Å². The Bertz CT molecular complexity index is 430. The van der Waals surface area contributed by atoms with E-state index in [1.807, 2.05) is 6.07 Å². The normalized spacial score (nSPS) is 15.3. The molecule has 76 valence electrons. The summed E-state index contributed by atoms with van der Waals surface area (Å²) in [5, 5.41) is 2.59. The van der Waals surface area contributed by atoms with Crippen molar-refractivity contribution in [3.63, 3.8) is 0 Å². The quantitative estimate of drug-likeness (QED) is 0.703. The summed E-state index contributed by atoms with van der Waals surface area (Å²) in [7, 11) is 0. The summed E-state index contributed by atoms with van der Waals surface area (Å²) in [6.45, 7) is 0.00651. The summed E-state index contributed by atoms with van der Waals surface area (Å²) in [6.07, 6.45) is 0. The SMILES string of the molecule is O=C1CN(C(=O)c2ccccc2)C(=S)N1. The van der Waals surface area contributed by atoms with E-state index in [9.17, 15) is 9.59 Å². The summed E-state index contributed by atoms with van der Waals surface area (Å²) in [4.78, 5) is 24.1. The lowest BCUT2D eigenvalue weighted by atomic mass is 10.2. The van der Waals surface area contributed by atoms with Crippen LogP contribution in [0.25, 0.3) is 0 Å². The van der Waals surface area contributed by atoms with Crippen molar-refractivity contribution in [2.24, 2.45) is 0 Å². The lowest BCUT2D eigenvalue weighted by Crippen LogP contribution is -2.33. The summed E-state index contributed by atoms with van der Waals surface area (Å²) in [5.41, 5.74) is 0.524. The molecule has 1 fully saturated rings. The smallest absolute Gasteiger partial charge is 0.260 e. The van der Waals surface area contributed by atoms with E-state index in [1.165, 1.54) is 4.90 Å². The topological polar surface area (TPSA) is 49.4 Å². The van der Waals surface area contributed by atoms with Crippen molar-refractivity contribution in [2.45, 2.75) is 0 Å². The van der Waals surface area contributed by atoms with Crippen LogP contribution in [0.15, 0.2) is 30.3 Å². The number of hydrogen-bond acceptors (Lipinski definition) is 3. The van der Waals surface area contributed by atoms with Crippen LogP contribution in [-0.4, -0.2) is 28.4 Å². The van der Waals surface area contributed by atoms with Gasteiger partial charge in [0.25, 0.3) is 5.91 Å². The van der Waals surface area contributed by atoms with Gasteiger partial charge in [-0.1, -0.05) is 18.2 Å². The van der Waals surface area contributed by atoms with Gasteiger partial charge in [-0.15, -0.1) is 0 Å². The minimum Gasteiger partial charge on any atom is -0.301 e. The number of carbonyl (C=O) groups is 2. The van der Waals surface area contributed by atoms with Crippen LogP contribution >= 0.6 is 12.2 Å². The largest absolute Gasteiger partial charge is 0.301 e. The van der Waals surface area contributed by atoms with E-state index < -0.39 is 0 Å². The van der Waals surface area contributed by atoms with Crippen LogP contribution in [0.5, 0.6) is 0 Å². The Balaban J connectivity index is 2.23. The molecule has 5 heteroatoms. The zero-order chi connectivity index (χ0) is 10.8. The number of nitrogens with one attached hydrogen (secondary N) is 1. The van der Waals surface area contributed by atoms with Crippen molar-refractivity contribution in [1.29, 1.82) is 0 Å². The molecule has 1 aliphatic heterocycles. The highest BCUT2D eigenvalue weighted by molar-refractivity contribution is 7.80. The number of hydrogen-bond donors (Lipinski definition) is 1. The van der Waals surface area contributed by atoms with Crippen molar-refractivity contribution in [1.82, 2.24) is 10.2 Å². The fraction of sp³-hybridized carbons (Fsp3) is 0.100. The second kappa shape index (κ2) is 3.78. The highest BCUT2D eigenvalue weighted by Crippen LogP contribution is 2.07. The van der Waals surface area contributed by atoms with Gasteiger partial charge >= 0.3 is 0 Å². The zero-order valence-electron chi connectivity index (χ0n) is 7.77. The number of amides is 2. The standard InChI is InChI=1S/C10H8N2O2S/c13-8-6-12(10(15)11-8)9(14)7-4-2-1-3-5-7/h1-5H,6H2,(H,11,13,15). The maximum absolute atomic E-state index is 11.8. The summed E-state index contributed by atoms with van der Waals surface area (Å²) < 4.78 is 0. The molecule has 0 bridgehead atoms. The number of thiocarbonyl (C=S) groups is 1. The van der Waals surface area contributed by atoms with Gasteiger partial charge < -0.3 is 5.32 Å². The lowest BCUT2D eigenvalue weighted by Gasteiger charge is -2.12. The van der Waals surface area contributed by atoms with E-state index >= 15 is 0 Å². The van der Waals surface area contributed by atoms with Crippen LogP contribution in [-0.2, 0) is 4.79 Å². The van der Waals surface area contributed by atoms with Gasteiger partial charge in [-0.25, -0.2) is 0 Å². The maximum atomic E-state index is 11.8. The van der Waals surface area contributed by atoms with Crippen molar-refractivity contribution in [3.05, 3.63) is 35.9 Å². The highest BCUT2D eigenvalue weighted by Gasteiger charge is 2.29. The molecule has 1 heterocycles. The van der Waals surface area contributed by atoms with Crippen LogP contribution in [0.4, 0.5) is 0 Å². The minimum atomic E-state index is -0.251. The molecular formula is C10H8N2O2S. The monoisotopic (exact) mass is 220 g/mol. The van der Waals surface area contributed by atoms with Crippen LogP contribution < -0.4 is 5.32 Å². The van der Waals surface area contributed by atoms with Gasteiger partial charge in [0.15, 0.2) is 5.11 Å². The summed E-state index contributed by atoms with van der Waals surface area (Å²) >= 11 is 4.87. The van der Waals surface area contributed by atoms with Gasteiger partial charge in [0.2, 0.25) is 5.91 Å². The molecule has 1 aromatic carbocycles.